The van der Waals surface area contributed by atoms with Crippen LogP contribution in [0.1, 0.15) is 6.42 Å². The number of hydrogen-bond donors (Lipinski definition) is 2. The standard InChI is InChI=1S/C28H35ClN6O5/c1-6-8-11-34(3)12-13-35(4)21-10-9-18(14-20(21)32-24(36)7-2)31-28-30-15-19(29)27(33-28)40-23-17-39-25-22(37-5)16-38-26(23)25/h1,7,9-10,14-15,22-23,25-26H,2,8,11-13,16-17H2,3-5H3,(H,32,36)(H,30,31,33)/t22-,23-,25-,26-/m1/s1. The highest BCUT2D eigenvalue weighted by atomic mass is 35.5. The molecule has 3 heterocycles. The van der Waals surface area contributed by atoms with Crippen LogP contribution in [-0.4, -0.2) is 99.2 Å². The zero-order chi connectivity index (χ0) is 28.6. The average Bonchev–Trinajstić information content (AvgIpc) is 3.55. The molecule has 4 rings (SSSR count). The maximum absolute atomic E-state index is 12.2. The number of nitrogens with zero attached hydrogens (tertiary/aromatic N) is 4. The Bertz CT molecular complexity index is 1240. The number of carbonyl (C=O) groups is 1. The van der Waals surface area contributed by atoms with Crippen molar-refractivity contribution in [2.24, 2.45) is 0 Å². The molecular weight excluding hydrogens is 536 g/mol. The van der Waals surface area contributed by atoms with Gasteiger partial charge in [0.15, 0.2) is 6.10 Å². The van der Waals surface area contributed by atoms with E-state index in [9.17, 15) is 4.79 Å². The number of aromatic nitrogens is 2. The van der Waals surface area contributed by atoms with E-state index in [1.165, 1.54) is 12.3 Å². The third-order valence-corrected chi connectivity index (χ3v) is 7.06. The van der Waals surface area contributed by atoms with Gasteiger partial charge in [-0.3, -0.25) is 4.79 Å². The monoisotopic (exact) mass is 570 g/mol. The van der Waals surface area contributed by atoms with Crippen LogP contribution in [0.4, 0.5) is 23.0 Å². The van der Waals surface area contributed by atoms with Crippen molar-refractivity contribution in [1.82, 2.24) is 14.9 Å². The first-order chi connectivity index (χ1) is 19.3. The number of rotatable bonds is 13. The Hall–Kier alpha value is -3.40. The van der Waals surface area contributed by atoms with Crippen LogP contribution in [0.2, 0.25) is 5.02 Å². The molecule has 12 heteroatoms. The number of halogens is 1. The van der Waals surface area contributed by atoms with Crippen molar-refractivity contribution in [3.8, 4) is 18.2 Å². The van der Waals surface area contributed by atoms with Crippen molar-refractivity contribution in [3.63, 3.8) is 0 Å². The summed E-state index contributed by atoms with van der Waals surface area (Å²) in [7, 11) is 5.62. The van der Waals surface area contributed by atoms with Gasteiger partial charge in [-0.05, 0) is 31.3 Å². The number of anilines is 4. The van der Waals surface area contributed by atoms with Crippen LogP contribution in [0.15, 0.2) is 37.1 Å². The number of ether oxygens (including phenoxy) is 4. The SMILES string of the molecule is C#CCCN(C)CCN(C)c1ccc(Nc2ncc(Cl)c(O[C@@H]3CO[C@H]4[C@@H]3OC[C@H]4OC)n2)cc1NC(=O)C=C. The van der Waals surface area contributed by atoms with Gasteiger partial charge in [0.05, 0.1) is 30.8 Å². The first kappa shape index (κ1) is 29.6. The molecule has 2 aromatic rings. The second kappa shape index (κ2) is 13.8. The molecule has 2 aliphatic heterocycles. The molecule has 0 spiro atoms. The summed E-state index contributed by atoms with van der Waals surface area (Å²) >= 11 is 6.35. The molecule has 214 valence electrons. The number of carbonyl (C=O) groups excluding carboxylic acids is 1. The summed E-state index contributed by atoms with van der Waals surface area (Å²) in [5.74, 6) is 2.82. The average molecular weight is 571 g/mol. The van der Waals surface area contributed by atoms with Gasteiger partial charge in [0, 0.05) is 45.9 Å². The third-order valence-electron chi connectivity index (χ3n) is 6.80. The van der Waals surface area contributed by atoms with Crippen LogP contribution >= 0.6 is 11.6 Å². The van der Waals surface area contributed by atoms with Crippen molar-refractivity contribution in [3.05, 3.63) is 42.1 Å². The molecule has 1 aromatic heterocycles. The second-order valence-electron chi connectivity index (χ2n) is 9.60. The fourth-order valence-electron chi connectivity index (χ4n) is 4.54. The smallest absolute Gasteiger partial charge is 0.247 e. The van der Waals surface area contributed by atoms with E-state index in [1.807, 2.05) is 26.2 Å². The third kappa shape index (κ3) is 7.21. The van der Waals surface area contributed by atoms with Gasteiger partial charge < -0.3 is 39.4 Å². The molecule has 2 N–H and O–H groups in total. The maximum Gasteiger partial charge on any atom is 0.247 e. The lowest BCUT2D eigenvalue weighted by atomic mass is 10.1. The molecule has 1 aromatic carbocycles. The molecule has 0 aliphatic carbocycles. The van der Waals surface area contributed by atoms with Crippen molar-refractivity contribution in [1.29, 1.82) is 0 Å². The summed E-state index contributed by atoms with van der Waals surface area (Å²) in [5.41, 5.74) is 2.10. The maximum atomic E-state index is 12.2. The summed E-state index contributed by atoms with van der Waals surface area (Å²) in [6.45, 7) is 6.68. The topological polar surface area (TPSA) is 110 Å². The molecule has 2 fully saturated rings. The number of terminal acetylenes is 1. The van der Waals surface area contributed by atoms with Crippen molar-refractivity contribution < 1.29 is 23.7 Å². The van der Waals surface area contributed by atoms with E-state index >= 15 is 0 Å². The van der Waals surface area contributed by atoms with Gasteiger partial charge in [0.1, 0.15) is 23.3 Å². The summed E-state index contributed by atoms with van der Waals surface area (Å²) in [5, 5.41) is 6.31. The largest absolute Gasteiger partial charge is 0.468 e. The van der Waals surface area contributed by atoms with Gasteiger partial charge in [-0.25, -0.2) is 4.98 Å². The van der Waals surface area contributed by atoms with E-state index in [2.05, 4.69) is 42.9 Å². The number of hydrogen-bond acceptors (Lipinski definition) is 10. The zero-order valence-corrected chi connectivity index (χ0v) is 23.7. The predicted octanol–water partition coefficient (Wildman–Crippen LogP) is 2.95. The Labute approximate surface area is 239 Å². The minimum absolute atomic E-state index is 0.135. The first-order valence-electron chi connectivity index (χ1n) is 13.0. The van der Waals surface area contributed by atoms with E-state index in [4.69, 9.17) is 37.0 Å². The molecule has 0 unspecified atom stereocenters. The molecule has 2 saturated heterocycles. The van der Waals surface area contributed by atoms with Gasteiger partial charge in [-0.15, -0.1) is 12.3 Å². The van der Waals surface area contributed by atoms with Gasteiger partial charge in [0.25, 0.3) is 0 Å². The quantitative estimate of drug-likeness (QED) is 0.275. The predicted molar refractivity (Wildman–Crippen MR) is 155 cm³/mol. The highest BCUT2D eigenvalue weighted by molar-refractivity contribution is 6.31. The van der Waals surface area contributed by atoms with Crippen LogP contribution in [-0.2, 0) is 19.0 Å². The van der Waals surface area contributed by atoms with Crippen LogP contribution in [0.25, 0.3) is 0 Å². The minimum Gasteiger partial charge on any atom is -0.468 e. The lowest BCUT2D eigenvalue weighted by Crippen LogP contribution is -2.35. The Morgan fingerprint density at radius 2 is 2.00 bits per heavy atom. The summed E-state index contributed by atoms with van der Waals surface area (Å²) in [4.78, 5) is 25.2. The van der Waals surface area contributed by atoms with Gasteiger partial charge in [-0.1, -0.05) is 18.2 Å². The van der Waals surface area contributed by atoms with Gasteiger partial charge in [-0.2, -0.15) is 4.98 Å². The fraction of sp³-hybridized carbons (Fsp3) is 0.464. The highest BCUT2D eigenvalue weighted by Crippen LogP contribution is 2.34. The Kier molecular flexibility index (Phi) is 10.2. The number of fused-ring (bicyclic) bond motifs is 1. The first-order valence-corrected chi connectivity index (χ1v) is 13.3. The molecule has 40 heavy (non-hydrogen) atoms. The van der Waals surface area contributed by atoms with E-state index in [0.29, 0.717) is 31.0 Å². The summed E-state index contributed by atoms with van der Waals surface area (Å²) < 4.78 is 23.2. The lowest BCUT2D eigenvalue weighted by Gasteiger charge is -2.26. The van der Waals surface area contributed by atoms with Crippen molar-refractivity contribution in [2.75, 3.05) is 69.6 Å². The van der Waals surface area contributed by atoms with Crippen LogP contribution in [0.3, 0.4) is 0 Å². The van der Waals surface area contributed by atoms with Crippen molar-refractivity contribution in [2.45, 2.75) is 30.8 Å². The van der Waals surface area contributed by atoms with Crippen LogP contribution in [0, 0.1) is 12.3 Å². The number of methoxy groups -OCH3 is 1. The molecule has 0 bridgehead atoms. The van der Waals surface area contributed by atoms with Crippen molar-refractivity contribution >= 4 is 40.5 Å². The molecule has 11 nitrogen and oxygen atoms in total. The molecule has 4 atom stereocenters. The molecule has 2 aliphatic rings. The Balaban J connectivity index is 1.47. The second-order valence-corrected chi connectivity index (χ2v) is 10.0. The molecule has 0 radical (unpaired) electrons. The van der Waals surface area contributed by atoms with E-state index in [1.54, 1.807) is 13.2 Å². The zero-order valence-electron chi connectivity index (χ0n) is 22.9. The van der Waals surface area contributed by atoms with Crippen LogP contribution < -0.4 is 20.3 Å². The highest BCUT2D eigenvalue weighted by Gasteiger charge is 2.49. The van der Waals surface area contributed by atoms with Crippen LogP contribution in [0.5, 0.6) is 5.88 Å². The van der Waals surface area contributed by atoms with E-state index in [0.717, 1.165) is 25.3 Å². The summed E-state index contributed by atoms with van der Waals surface area (Å²) in [6.07, 6.45) is 7.77. The number of nitrogens with one attached hydrogen (secondary N) is 2. The number of benzene rings is 1. The Morgan fingerprint density at radius 1 is 1.25 bits per heavy atom. The lowest BCUT2D eigenvalue weighted by molar-refractivity contribution is -0.111. The molecule has 1 amide bonds. The van der Waals surface area contributed by atoms with Gasteiger partial charge >= 0.3 is 0 Å². The molecule has 0 saturated carbocycles. The minimum atomic E-state index is -0.383. The van der Waals surface area contributed by atoms with E-state index in [-0.39, 0.29) is 47.2 Å². The number of amides is 1. The number of likely N-dealkylation sites (N-methyl/N-ethyl adjacent to an activating group) is 2. The summed E-state index contributed by atoms with van der Waals surface area (Å²) in [6, 6.07) is 5.60. The van der Waals surface area contributed by atoms with Gasteiger partial charge in [0.2, 0.25) is 17.7 Å². The Morgan fingerprint density at radius 3 is 2.73 bits per heavy atom. The fourth-order valence-corrected chi connectivity index (χ4v) is 4.67. The van der Waals surface area contributed by atoms with E-state index < -0.39 is 0 Å². The normalized spacial score (nSPS) is 21.5. The molecular formula is C28H35ClN6O5.